The zero-order chi connectivity index (χ0) is 17.2. The fourth-order valence-electron chi connectivity index (χ4n) is 3.15. The summed E-state index contributed by atoms with van der Waals surface area (Å²) >= 11 is 1.02. The predicted octanol–water partition coefficient (Wildman–Crippen LogP) is 6.30. The molecule has 130 valence electrons. The van der Waals surface area contributed by atoms with E-state index >= 15 is 0 Å². The third kappa shape index (κ3) is 3.23. The van der Waals surface area contributed by atoms with E-state index in [0.717, 1.165) is 35.4 Å². The number of hydrogen-bond acceptors (Lipinski definition) is 2. The van der Waals surface area contributed by atoms with Crippen LogP contribution < -0.4 is 4.74 Å². The maximum Gasteiger partial charge on any atom is 0.407 e. The number of unbranched alkanes of at least 4 members (excludes halogenated alkanes) is 1. The number of thioether (sulfide) groups is 1. The fourth-order valence-corrected chi connectivity index (χ4v) is 4.54. The predicted molar refractivity (Wildman–Crippen MR) is 93.8 cm³/mol. The molecule has 1 nitrogen and oxygen atoms in total. The van der Waals surface area contributed by atoms with Crippen LogP contribution in [-0.4, -0.2) is 18.5 Å². The molecule has 0 amide bonds. The van der Waals surface area contributed by atoms with Crippen molar-refractivity contribution in [3.63, 3.8) is 0 Å². The number of benzene rings is 2. The van der Waals surface area contributed by atoms with Gasteiger partial charge >= 0.3 is 6.18 Å². The van der Waals surface area contributed by atoms with Gasteiger partial charge < -0.3 is 4.74 Å². The van der Waals surface area contributed by atoms with E-state index in [-0.39, 0.29) is 6.42 Å². The molecule has 0 spiro atoms. The molecule has 2 aromatic carbocycles. The molecular formula is C19H21F3OS. The summed E-state index contributed by atoms with van der Waals surface area (Å²) < 4.78 is 45.1. The molecule has 24 heavy (non-hydrogen) atoms. The van der Waals surface area contributed by atoms with E-state index in [0.29, 0.717) is 30.1 Å². The number of fused-ring (bicyclic) bond motifs is 1. The van der Waals surface area contributed by atoms with Gasteiger partial charge in [0.15, 0.2) is 0 Å². The van der Waals surface area contributed by atoms with E-state index in [9.17, 15) is 13.2 Å². The van der Waals surface area contributed by atoms with Crippen molar-refractivity contribution in [2.24, 2.45) is 0 Å². The van der Waals surface area contributed by atoms with Gasteiger partial charge in [0, 0.05) is 0 Å². The monoisotopic (exact) mass is 354 g/mol. The Bertz CT molecular complexity index is 705. The Morgan fingerprint density at radius 2 is 1.92 bits per heavy atom. The van der Waals surface area contributed by atoms with Crippen molar-refractivity contribution in [1.82, 2.24) is 0 Å². The molecule has 3 rings (SSSR count). The molecular weight excluding hydrogens is 333 g/mol. The van der Waals surface area contributed by atoms with E-state index in [1.807, 2.05) is 18.2 Å². The van der Waals surface area contributed by atoms with E-state index in [2.05, 4.69) is 6.92 Å². The molecule has 1 atom stereocenters. The quantitative estimate of drug-likeness (QED) is 0.582. The summed E-state index contributed by atoms with van der Waals surface area (Å²) in [5.74, 6) is 1.27. The lowest BCUT2D eigenvalue weighted by molar-refractivity contribution is -0.162. The van der Waals surface area contributed by atoms with E-state index < -0.39 is 10.9 Å². The standard InChI is InChI=1S/C19H21F3OS/c1-2-3-10-23-17-8-6-14-5-7-16(12-15(14)13-17)18(19(20,21)22)9-4-11-24-18/h5-8,12-13H,2-4,9-11H2,1H3. The SMILES string of the molecule is CCCCOc1ccc2ccc(C3(C(F)(F)F)CCCS3)cc2c1. The average molecular weight is 354 g/mol. The zero-order valence-corrected chi connectivity index (χ0v) is 14.5. The summed E-state index contributed by atoms with van der Waals surface area (Å²) in [4.78, 5) is 0. The average Bonchev–Trinajstić information content (AvgIpc) is 3.05. The molecule has 0 saturated carbocycles. The highest BCUT2D eigenvalue weighted by Crippen LogP contribution is 2.56. The van der Waals surface area contributed by atoms with Gasteiger partial charge in [0.25, 0.3) is 0 Å². The molecule has 0 aromatic heterocycles. The lowest BCUT2D eigenvalue weighted by atomic mass is 9.91. The highest BCUT2D eigenvalue weighted by Gasteiger charge is 2.57. The first-order valence-electron chi connectivity index (χ1n) is 8.34. The van der Waals surface area contributed by atoms with Gasteiger partial charge in [-0.3, -0.25) is 0 Å². The van der Waals surface area contributed by atoms with E-state index in [1.165, 1.54) is 0 Å². The number of ether oxygens (including phenoxy) is 1. The summed E-state index contributed by atoms with van der Waals surface area (Å²) in [6, 6.07) is 10.7. The topological polar surface area (TPSA) is 9.23 Å². The molecule has 1 aliphatic rings. The van der Waals surface area contributed by atoms with Crippen LogP contribution in [0.4, 0.5) is 13.2 Å². The van der Waals surface area contributed by atoms with E-state index in [1.54, 1.807) is 18.2 Å². The van der Waals surface area contributed by atoms with Crippen molar-refractivity contribution in [2.75, 3.05) is 12.4 Å². The van der Waals surface area contributed by atoms with Crippen LogP contribution in [0.15, 0.2) is 36.4 Å². The van der Waals surface area contributed by atoms with Gasteiger partial charge in [-0.25, -0.2) is 0 Å². The van der Waals surface area contributed by atoms with Crippen LogP contribution >= 0.6 is 11.8 Å². The first-order chi connectivity index (χ1) is 11.5. The second-order valence-electron chi connectivity index (χ2n) is 6.20. The summed E-state index contributed by atoms with van der Waals surface area (Å²) in [6.45, 7) is 2.72. The Balaban J connectivity index is 1.97. The van der Waals surface area contributed by atoms with Crippen LogP contribution in [0.25, 0.3) is 10.8 Å². The molecule has 0 N–H and O–H groups in total. The zero-order valence-electron chi connectivity index (χ0n) is 13.7. The molecule has 0 bridgehead atoms. The molecule has 1 aliphatic heterocycles. The van der Waals surface area contributed by atoms with Crippen molar-refractivity contribution >= 4 is 22.5 Å². The number of alkyl halides is 3. The Hall–Kier alpha value is -1.36. The van der Waals surface area contributed by atoms with E-state index in [4.69, 9.17) is 4.74 Å². The van der Waals surface area contributed by atoms with Gasteiger partial charge in [-0.15, -0.1) is 11.8 Å². The molecule has 1 unspecified atom stereocenters. The molecule has 0 radical (unpaired) electrons. The first kappa shape index (κ1) is 17.5. The van der Waals surface area contributed by atoms with Gasteiger partial charge in [0.1, 0.15) is 10.5 Å². The number of halogens is 3. The van der Waals surface area contributed by atoms with Crippen molar-refractivity contribution in [1.29, 1.82) is 0 Å². The molecule has 2 aromatic rings. The van der Waals surface area contributed by atoms with Gasteiger partial charge in [0.2, 0.25) is 0 Å². The maximum absolute atomic E-state index is 13.7. The molecule has 1 saturated heterocycles. The van der Waals surface area contributed by atoms with Crippen LogP contribution in [0, 0.1) is 0 Å². The molecule has 1 heterocycles. The highest BCUT2D eigenvalue weighted by molar-refractivity contribution is 8.00. The van der Waals surface area contributed by atoms with Crippen LogP contribution in [-0.2, 0) is 4.75 Å². The fraction of sp³-hybridized carbons (Fsp3) is 0.474. The first-order valence-corrected chi connectivity index (χ1v) is 9.32. The minimum atomic E-state index is -4.24. The van der Waals surface area contributed by atoms with Crippen LogP contribution in [0.5, 0.6) is 5.75 Å². The third-order valence-corrected chi connectivity index (χ3v) is 6.18. The van der Waals surface area contributed by atoms with Crippen molar-refractivity contribution in [3.8, 4) is 5.75 Å². The molecule has 0 aliphatic carbocycles. The smallest absolute Gasteiger partial charge is 0.407 e. The van der Waals surface area contributed by atoms with Gasteiger partial charge in [-0.1, -0.05) is 31.5 Å². The van der Waals surface area contributed by atoms with Gasteiger partial charge in [0.05, 0.1) is 6.61 Å². The highest BCUT2D eigenvalue weighted by atomic mass is 32.2. The van der Waals surface area contributed by atoms with Crippen molar-refractivity contribution in [2.45, 2.75) is 43.5 Å². The Labute approximate surface area is 144 Å². The van der Waals surface area contributed by atoms with Crippen LogP contribution in [0.3, 0.4) is 0 Å². The largest absolute Gasteiger partial charge is 0.494 e. The Morgan fingerprint density at radius 3 is 2.58 bits per heavy atom. The minimum Gasteiger partial charge on any atom is -0.494 e. The van der Waals surface area contributed by atoms with Crippen LogP contribution in [0.2, 0.25) is 0 Å². The maximum atomic E-state index is 13.7. The summed E-state index contributed by atoms with van der Waals surface area (Å²) in [5.41, 5.74) is 0.357. The van der Waals surface area contributed by atoms with Gasteiger partial charge in [-0.2, -0.15) is 13.2 Å². The molecule has 5 heteroatoms. The molecule has 1 fully saturated rings. The second-order valence-corrected chi connectivity index (χ2v) is 7.60. The summed E-state index contributed by atoms with van der Waals surface area (Å²) in [6.07, 6.45) is -1.48. The van der Waals surface area contributed by atoms with Gasteiger partial charge in [-0.05, 0) is 59.6 Å². The normalized spacial score (nSPS) is 21.3. The lowest BCUT2D eigenvalue weighted by Crippen LogP contribution is -2.37. The third-order valence-electron chi connectivity index (χ3n) is 4.52. The van der Waals surface area contributed by atoms with Crippen LogP contribution in [0.1, 0.15) is 38.2 Å². The Kier molecular flexibility index (Phi) is 5.00. The lowest BCUT2D eigenvalue weighted by Gasteiger charge is -2.31. The minimum absolute atomic E-state index is 0.152. The van der Waals surface area contributed by atoms with Crippen molar-refractivity contribution < 1.29 is 17.9 Å². The summed E-state index contributed by atoms with van der Waals surface area (Å²) in [7, 11) is 0. The Morgan fingerprint density at radius 1 is 1.12 bits per heavy atom. The number of rotatable bonds is 5. The van der Waals surface area contributed by atoms with Crippen molar-refractivity contribution in [3.05, 3.63) is 42.0 Å². The second kappa shape index (κ2) is 6.87. The summed E-state index contributed by atoms with van der Waals surface area (Å²) in [5, 5.41) is 1.74. The number of hydrogen-bond donors (Lipinski definition) is 0.